The highest BCUT2D eigenvalue weighted by atomic mass is 16.3. The van der Waals surface area contributed by atoms with E-state index in [1.165, 1.54) is 0 Å². The van der Waals surface area contributed by atoms with Gasteiger partial charge in [-0.3, -0.25) is 4.90 Å². The summed E-state index contributed by atoms with van der Waals surface area (Å²) in [4.78, 5) is 4.73. The summed E-state index contributed by atoms with van der Waals surface area (Å²) in [5, 5.41) is 0. The molecule has 2 N–H and O–H groups in total. The van der Waals surface area contributed by atoms with E-state index in [4.69, 9.17) is 10.2 Å². The fourth-order valence-electron chi connectivity index (χ4n) is 2.58. The van der Waals surface area contributed by atoms with Crippen molar-refractivity contribution in [2.75, 3.05) is 33.7 Å². The Morgan fingerprint density at radius 1 is 1.47 bits per heavy atom. The zero-order valence-electron chi connectivity index (χ0n) is 10.9. The van der Waals surface area contributed by atoms with Crippen LogP contribution < -0.4 is 5.73 Å². The van der Waals surface area contributed by atoms with Crippen LogP contribution in [-0.2, 0) is 6.54 Å². The van der Waals surface area contributed by atoms with Crippen LogP contribution in [0.1, 0.15) is 18.6 Å². The molecule has 1 saturated heterocycles. The highest BCUT2D eigenvalue weighted by Gasteiger charge is 2.36. The summed E-state index contributed by atoms with van der Waals surface area (Å²) in [6.07, 6.45) is 4.00. The van der Waals surface area contributed by atoms with Crippen LogP contribution in [0.4, 0.5) is 0 Å². The van der Waals surface area contributed by atoms with Crippen molar-refractivity contribution >= 4 is 0 Å². The fraction of sp³-hybridized carbons (Fsp3) is 0.692. The van der Waals surface area contributed by atoms with Gasteiger partial charge in [0.2, 0.25) is 0 Å². The first-order chi connectivity index (χ1) is 8.16. The van der Waals surface area contributed by atoms with Crippen molar-refractivity contribution in [3.8, 4) is 0 Å². The Morgan fingerprint density at radius 2 is 2.18 bits per heavy atom. The second kappa shape index (κ2) is 5.21. The van der Waals surface area contributed by atoms with E-state index < -0.39 is 0 Å². The molecule has 4 nitrogen and oxygen atoms in total. The van der Waals surface area contributed by atoms with E-state index in [9.17, 15) is 0 Å². The summed E-state index contributed by atoms with van der Waals surface area (Å²) in [7, 11) is 4.33. The van der Waals surface area contributed by atoms with Crippen LogP contribution in [0.25, 0.3) is 0 Å². The van der Waals surface area contributed by atoms with E-state index in [0.29, 0.717) is 0 Å². The maximum absolute atomic E-state index is 6.02. The van der Waals surface area contributed by atoms with Crippen LogP contribution in [0.2, 0.25) is 0 Å². The summed E-state index contributed by atoms with van der Waals surface area (Å²) >= 11 is 0. The van der Waals surface area contributed by atoms with Gasteiger partial charge in [0.05, 0.1) is 12.8 Å². The standard InChI is InChI=1S/C13H23N3O/c1-15-7-5-13(11-14,6-8-15)16(2)10-12-4-3-9-17-12/h3-4,9H,5-8,10-11,14H2,1-2H3. The summed E-state index contributed by atoms with van der Waals surface area (Å²) < 4.78 is 5.41. The predicted molar refractivity (Wildman–Crippen MR) is 68.7 cm³/mol. The van der Waals surface area contributed by atoms with Gasteiger partial charge in [-0.2, -0.15) is 0 Å². The highest BCUT2D eigenvalue weighted by Crippen LogP contribution is 2.27. The Morgan fingerprint density at radius 3 is 2.71 bits per heavy atom. The molecule has 1 aliphatic heterocycles. The third-order valence-corrected chi connectivity index (χ3v) is 4.08. The second-order valence-electron chi connectivity index (χ2n) is 5.17. The minimum Gasteiger partial charge on any atom is -0.468 e. The van der Waals surface area contributed by atoms with Gasteiger partial charge in [0.25, 0.3) is 0 Å². The Labute approximate surface area is 103 Å². The van der Waals surface area contributed by atoms with E-state index in [-0.39, 0.29) is 5.54 Å². The first-order valence-electron chi connectivity index (χ1n) is 6.28. The van der Waals surface area contributed by atoms with Crippen molar-refractivity contribution in [3.05, 3.63) is 24.2 Å². The largest absolute Gasteiger partial charge is 0.468 e. The number of likely N-dealkylation sites (tertiary alicyclic amines) is 1. The molecular formula is C13H23N3O. The quantitative estimate of drug-likeness (QED) is 0.853. The van der Waals surface area contributed by atoms with Crippen LogP contribution in [0, 0.1) is 0 Å². The van der Waals surface area contributed by atoms with Gasteiger partial charge in [0, 0.05) is 12.1 Å². The highest BCUT2D eigenvalue weighted by molar-refractivity contribution is 5.01. The number of nitrogens with two attached hydrogens (primary N) is 1. The van der Waals surface area contributed by atoms with Crippen molar-refractivity contribution in [2.45, 2.75) is 24.9 Å². The predicted octanol–water partition coefficient (Wildman–Crippen LogP) is 1.13. The average molecular weight is 237 g/mol. The number of hydrogen-bond donors (Lipinski definition) is 1. The van der Waals surface area contributed by atoms with Crippen LogP contribution >= 0.6 is 0 Å². The Bertz CT molecular complexity index is 328. The van der Waals surface area contributed by atoms with E-state index in [1.54, 1.807) is 6.26 Å². The number of nitrogens with zero attached hydrogens (tertiary/aromatic N) is 2. The minimum absolute atomic E-state index is 0.138. The monoisotopic (exact) mass is 237 g/mol. The molecule has 4 heteroatoms. The number of hydrogen-bond acceptors (Lipinski definition) is 4. The Kier molecular flexibility index (Phi) is 3.86. The molecule has 0 radical (unpaired) electrons. The molecule has 1 fully saturated rings. The lowest BCUT2D eigenvalue weighted by Crippen LogP contribution is -2.57. The van der Waals surface area contributed by atoms with Crippen LogP contribution in [0.3, 0.4) is 0 Å². The van der Waals surface area contributed by atoms with Crippen molar-refractivity contribution in [3.63, 3.8) is 0 Å². The molecule has 1 aromatic rings. The van der Waals surface area contributed by atoms with Gasteiger partial charge in [-0.25, -0.2) is 0 Å². The molecule has 0 amide bonds. The van der Waals surface area contributed by atoms with Gasteiger partial charge in [-0.15, -0.1) is 0 Å². The summed E-state index contributed by atoms with van der Waals surface area (Å²) in [6, 6.07) is 3.96. The molecule has 2 heterocycles. The molecule has 1 aromatic heterocycles. The van der Waals surface area contributed by atoms with Gasteiger partial charge in [0.15, 0.2) is 0 Å². The third kappa shape index (κ3) is 2.70. The number of likely N-dealkylation sites (N-methyl/N-ethyl adjacent to an activating group) is 1. The van der Waals surface area contributed by atoms with Crippen LogP contribution in [0.5, 0.6) is 0 Å². The topological polar surface area (TPSA) is 45.6 Å². The lowest BCUT2D eigenvalue weighted by atomic mass is 9.86. The smallest absolute Gasteiger partial charge is 0.117 e. The van der Waals surface area contributed by atoms with Gasteiger partial charge in [0.1, 0.15) is 5.76 Å². The molecular weight excluding hydrogens is 214 g/mol. The average Bonchev–Trinajstić information content (AvgIpc) is 2.83. The lowest BCUT2D eigenvalue weighted by molar-refractivity contribution is 0.0440. The SMILES string of the molecule is CN1CCC(CN)(N(C)Cc2ccco2)CC1. The fourth-order valence-corrected chi connectivity index (χ4v) is 2.58. The van der Waals surface area contributed by atoms with Gasteiger partial charge in [-0.05, 0) is 52.2 Å². The van der Waals surface area contributed by atoms with E-state index in [1.807, 2.05) is 12.1 Å². The zero-order valence-corrected chi connectivity index (χ0v) is 10.9. The molecule has 17 heavy (non-hydrogen) atoms. The summed E-state index contributed by atoms with van der Waals surface area (Å²) in [5.41, 5.74) is 6.16. The first-order valence-corrected chi connectivity index (χ1v) is 6.28. The summed E-state index contributed by atoms with van der Waals surface area (Å²) in [6.45, 7) is 3.81. The molecule has 0 aliphatic carbocycles. The zero-order chi connectivity index (χ0) is 12.3. The van der Waals surface area contributed by atoms with E-state index in [2.05, 4.69) is 23.9 Å². The van der Waals surface area contributed by atoms with Gasteiger partial charge >= 0.3 is 0 Å². The molecule has 0 spiro atoms. The maximum Gasteiger partial charge on any atom is 0.117 e. The molecule has 96 valence electrons. The first kappa shape index (κ1) is 12.6. The maximum atomic E-state index is 6.02. The van der Waals surface area contributed by atoms with E-state index >= 15 is 0 Å². The molecule has 0 aromatic carbocycles. The molecule has 0 bridgehead atoms. The van der Waals surface area contributed by atoms with E-state index in [0.717, 1.165) is 44.8 Å². The second-order valence-corrected chi connectivity index (χ2v) is 5.17. The Hall–Kier alpha value is -0.840. The van der Waals surface area contributed by atoms with Crippen molar-refractivity contribution in [1.29, 1.82) is 0 Å². The van der Waals surface area contributed by atoms with Crippen molar-refractivity contribution in [2.24, 2.45) is 5.73 Å². The normalized spacial score (nSPS) is 20.9. The van der Waals surface area contributed by atoms with Crippen LogP contribution in [0.15, 0.2) is 22.8 Å². The van der Waals surface area contributed by atoms with Crippen molar-refractivity contribution < 1.29 is 4.42 Å². The molecule has 0 unspecified atom stereocenters. The number of furan rings is 1. The van der Waals surface area contributed by atoms with Crippen LogP contribution in [-0.4, -0.2) is 49.1 Å². The number of piperidine rings is 1. The summed E-state index contributed by atoms with van der Waals surface area (Å²) in [5.74, 6) is 1.01. The Balaban J connectivity index is 2.02. The van der Waals surface area contributed by atoms with Gasteiger partial charge in [-0.1, -0.05) is 0 Å². The number of rotatable bonds is 4. The van der Waals surface area contributed by atoms with Crippen molar-refractivity contribution in [1.82, 2.24) is 9.80 Å². The lowest BCUT2D eigenvalue weighted by Gasteiger charge is -2.46. The van der Waals surface area contributed by atoms with Gasteiger partial charge < -0.3 is 15.1 Å². The molecule has 1 aliphatic rings. The third-order valence-electron chi connectivity index (χ3n) is 4.08. The molecule has 0 atom stereocenters. The minimum atomic E-state index is 0.138. The molecule has 2 rings (SSSR count). The molecule has 0 saturated carbocycles.